The lowest BCUT2D eigenvalue weighted by molar-refractivity contribution is 0.812. The maximum Gasteiger partial charge on any atom is 0.205 e. The molecule has 2 rings (SSSR count). The molecule has 1 N–H and O–H groups in total. The molecule has 0 aliphatic heterocycles. The van der Waals surface area contributed by atoms with Crippen molar-refractivity contribution in [3.63, 3.8) is 0 Å². The van der Waals surface area contributed by atoms with Gasteiger partial charge in [0, 0.05) is 21.1 Å². The van der Waals surface area contributed by atoms with Crippen LogP contribution in [0.2, 0.25) is 0 Å². The highest BCUT2D eigenvalue weighted by atomic mass is 32.1. The van der Waals surface area contributed by atoms with Gasteiger partial charge >= 0.3 is 0 Å². The Balaban J connectivity index is 2.02. The molecule has 6 nitrogen and oxygen atoms in total. The molecule has 7 heteroatoms. The molecule has 2 heterocycles. The van der Waals surface area contributed by atoms with E-state index in [1.807, 2.05) is 32.2 Å². The minimum atomic E-state index is 0.704. The van der Waals surface area contributed by atoms with Crippen LogP contribution in [0.5, 0.6) is 0 Å². The molecule has 18 heavy (non-hydrogen) atoms. The molecule has 0 spiro atoms. The lowest BCUT2D eigenvalue weighted by atomic mass is 10.4. The average molecular weight is 266 g/mol. The zero-order chi connectivity index (χ0) is 13.1. The van der Waals surface area contributed by atoms with Crippen LogP contribution in [0.25, 0.3) is 0 Å². The highest BCUT2D eigenvalue weighted by Gasteiger charge is 2.08. The second kappa shape index (κ2) is 5.34. The van der Waals surface area contributed by atoms with Gasteiger partial charge in [0.25, 0.3) is 0 Å². The van der Waals surface area contributed by atoms with Crippen LogP contribution in [0.3, 0.4) is 0 Å². The Bertz CT molecular complexity index is 515. The van der Waals surface area contributed by atoms with E-state index in [0.717, 1.165) is 28.2 Å². The number of hydrogen-bond donors (Lipinski definition) is 1. The molecular weight excluding hydrogens is 248 g/mol. The van der Waals surface area contributed by atoms with Crippen LogP contribution in [0.4, 0.5) is 11.1 Å². The van der Waals surface area contributed by atoms with Crippen LogP contribution in [-0.4, -0.2) is 33.8 Å². The summed E-state index contributed by atoms with van der Waals surface area (Å²) in [4.78, 5) is 6.35. The first-order valence-electron chi connectivity index (χ1n) is 5.86. The third-order valence-electron chi connectivity index (χ3n) is 2.65. The largest absolute Gasteiger partial charge is 0.354 e. The lowest BCUT2D eigenvalue weighted by Gasteiger charge is -2.12. The van der Waals surface area contributed by atoms with Gasteiger partial charge in [-0.1, -0.05) is 18.3 Å². The number of nitrogens with zero attached hydrogens (tertiary/aromatic N) is 5. The summed E-state index contributed by atoms with van der Waals surface area (Å²) < 4.78 is 2.06. The first-order chi connectivity index (χ1) is 8.61. The SMILES string of the molecule is CCc1nnc(NCc2cnc(N(C)C)n2C)s1. The van der Waals surface area contributed by atoms with Crippen LogP contribution in [0.1, 0.15) is 17.6 Å². The van der Waals surface area contributed by atoms with E-state index in [9.17, 15) is 0 Å². The quantitative estimate of drug-likeness (QED) is 0.889. The average Bonchev–Trinajstić information content (AvgIpc) is 2.93. The zero-order valence-corrected chi connectivity index (χ0v) is 12.0. The van der Waals surface area contributed by atoms with Crippen molar-refractivity contribution in [2.75, 3.05) is 24.3 Å². The first-order valence-corrected chi connectivity index (χ1v) is 6.67. The number of rotatable bonds is 5. The number of imidazole rings is 1. The molecule has 0 bridgehead atoms. The van der Waals surface area contributed by atoms with E-state index >= 15 is 0 Å². The van der Waals surface area contributed by atoms with E-state index in [1.165, 1.54) is 0 Å². The molecule has 0 saturated carbocycles. The summed E-state index contributed by atoms with van der Waals surface area (Å²) in [5.41, 5.74) is 1.12. The Morgan fingerprint density at radius 2 is 2.17 bits per heavy atom. The van der Waals surface area contributed by atoms with Gasteiger partial charge in [0.2, 0.25) is 11.1 Å². The summed E-state index contributed by atoms with van der Waals surface area (Å²) in [6.45, 7) is 2.78. The van der Waals surface area contributed by atoms with E-state index < -0.39 is 0 Å². The summed E-state index contributed by atoms with van der Waals surface area (Å²) in [5, 5.41) is 13.4. The molecule has 0 amide bonds. The van der Waals surface area contributed by atoms with E-state index in [0.29, 0.717) is 6.54 Å². The molecule has 0 fully saturated rings. The zero-order valence-electron chi connectivity index (χ0n) is 11.1. The van der Waals surface area contributed by atoms with Crippen LogP contribution in [-0.2, 0) is 20.0 Å². The summed E-state index contributed by atoms with van der Waals surface area (Å²) in [5.74, 6) is 0.943. The van der Waals surface area contributed by atoms with Crippen molar-refractivity contribution in [3.8, 4) is 0 Å². The molecule has 0 atom stereocenters. The lowest BCUT2D eigenvalue weighted by Crippen LogP contribution is -2.15. The Morgan fingerprint density at radius 1 is 1.39 bits per heavy atom. The Labute approximate surface area is 111 Å². The number of nitrogens with one attached hydrogen (secondary N) is 1. The fourth-order valence-electron chi connectivity index (χ4n) is 1.65. The van der Waals surface area contributed by atoms with Crippen molar-refractivity contribution in [2.24, 2.45) is 7.05 Å². The Kier molecular flexibility index (Phi) is 3.81. The van der Waals surface area contributed by atoms with Crippen molar-refractivity contribution < 1.29 is 0 Å². The van der Waals surface area contributed by atoms with Gasteiger partial charge in [0.1, 0.15) is 5.01 Å². The number of aromatic nitrogens is 4. The van der Waals surface area contributed by atoms with E-state index in [1.54, 1.807) is 11.3 Å². The van der Waals surface area contributed by atoms with Gasteiger partial charge in [-0.15, -0.1) is 10.2 Å². The Morgan fingerprint density at radius 3 is 2.72 bits per heavy atom. The number of hydrogen-bond acceptors (Lipinski definition) is 6. The van der Waals surface area contributed by atoms with Crippen molar-refractivity contribution in [3.05, 3.63) is 16.9 Å². The maximum atomic E-state index is 4.37. The summed E-state index contributed by atoms with van der Waals surface area (Å²) in [6.07, 6.45) is 2.81. The van der Waals surface area contributed by atoms with Crippen LogP contribution >= 0.6 is 11.3 Å². The minimum Gasteiger partial charge on any atom is -0.354 e. The van der Waals surface area contributed by atoms with E-state index in [2.05, 4.69) is 32.0 Å². The number of aryl methyl sites for hydroxylation is 1. The van der Waals surface area contributed by atoms with Crippen LogP contribution in [0.15, 0.2) is 6.20 Å². The molecule has 2 aromatic rings. The van der Waals surface area contributed by atoms with E-state index in [-0.39, 0.29) is 0 Å². The predicted octanol–water partition coefficient (Wildman–Crippen LogP) is 1.51. The smallest absolute Gasteiger partial charge is 0.205 e. The van der Waals surface area contributed by atoms with Gasteiger partial charge in [-0.25, -0.2) is 4.98 Å². The second-order valence-corrected chi connectivity index (χ2v) is 5.27. The maximum absolute atomic E-state index is 4.37. The molecule has 0 saturated heterocycles. The molecule has 0 radical (unpaired) electrons. The second-order valence-electron chi connectivity index (χ2n) is 4.21. The molecule has 0 aliphatic carbocycles. The molecular formula is C11H18N6S. The standard InChI is InChI=1S/C11H18N6S/c1-5-9-14-15-10(18-9)12-6-8-7-13-11(16(2)3)17(8)4/h7H,5-6H2,1-4H3,(H,12,15). The third-order valence-corrected chi connectivity index (χ3v) is 3.68. The predicted molar refractivity (Wildman–Crippen MR) is 74.1 cm³/mol. The molecule has 0 aliphatic rings. The fraction of sp³-hybridized carbons (Fsp3) is 0.545. The van der Waals surface area contributed by atoms with Gasteiger partial charge in [-0.05, 0) is 6.42 Å². The molecule has 0 unspecified atom stereocenters. The highest BCUT2D eigenvalue weighted by molar-refractivity contribution is 7.15. The van der Waals surface area contributed by atoms with Crippen molar-refractivity contribution >= 4 is 22.4 Å². The van der Waals surface area contributed by atoms with Crippen LogP contribution < -0.4 is 10.2 Å². The van der Waals surface area contributed by atoms with Crippen LogP contribution in [0, 0.1) is 0 Å². The van der Waals surface area contributed by atoms with Gasteiger partial charge in [-0.2, -0.15) is 0 Å². The first kappa shape index (κ1) is 12.8. The van der Waals surface area contributed by atoms with Gasteiger partial charge < -0.3 is 14.8 Å². The summed E-state index contributed by atoms with van der Waals surface area (Å²) in [7, 11) is 5.98. The Hall–Kier alpha value is -1.63. The summed E-state index contributed by atoms with van der Waals surface area (Å²) >= 11 is 1.60. The topological polar surface area (TPSA) is 58.9 Å². The fourth-order valence-corrected chi connectivity index (χ4v) is 2.32. The van der Waals surface area contributed by atoms with E-state index in [4.69, 9.17) is 0 Å². The molecule has 98 valence electrons. The van der Waals surface area contributed by atoms with Gasteiger partial charge in [0.15, 0.2) is 0 Å². The van der Waals surface area contributed by atoms with Crippen molar-refractivity contribution in [1.29, 1.82) is 0 Å². The third kappa shape index (κ3) is 2.61. The molecule has 2 aromatic heterocycles. The summed E-state index contributed by atoms with van der Waals surface area (Å²) in [6, 6.07) is 0. The monoisotopic (exact) mass is 266 g/mol. The highest BCUT2D eigenvalue weighted by Crippen LogP contribution is 2.17. The molecule has 0 aromatic carbocycles. The van der Waals surface area contributed by atoms with Crippen molar-refractivity contribution in [1.82, 2.24) is 19.7 Å². The minimum absolute atomic E-state index is 0.704. The number of anilines is 2. The van der Waals surface area contributed by atoms with Gasteiger partial charge in [-0.3, -0.25) is 0 Å². The normalized spacial score (nSPS) is 10.7. The van der Waals surface area contributed by atoms with Crippen molar-refractivity contribution in [2.45, 2.75) is 19.9 Å². The van der Waals surface area contributed by atoms with Gasteiger partial charge in [0.05, 0.1) is 18.4 Å².